The van der Waals surface area contributed by atoms with Gasteiger partial charge < -0.3 is 5.32 Å². The Bertz CT molecular complexity index is 613. The molecule has 5 heteroatoms. The molecule has 114 valence electrons. The molecule has 0 spiro atoms. The van der Waals surface area contributed by atoms with Gasteiger partial charge in [0.15, 0.2) is 0 Å². The Balaban J connectivity index is 1.74. The number of allylic oxidation sites excluding steroid dienone is 2. The largest absolute Gasteiger partial charge is 0.324 e. The Labute approximate surface area is 129 Å². The molecular weight excluding hydrogens is 280 g/mol. The highest BCUT2D eigenvalue weighted by Gasteiger charge is 2.50. The van der Waals surface area contributed by atoms with Crippen LogP contribution in [-0.4, -0.2) is 28.7 Å². The van der Waals surface area contributed by atoms with E-state index in [4.69, 9.17) is 0 Å². The number of nitrogens with zero attached hydrogens (tertiary/aromatic N) is 1. The minimum Gasteiger partial charge on any atom is -0.324 e. The molecule has 3 atom stereocenters. The van der Waals surface area contributed by atoms with E-state index in [1.807, 2.05) is 30.4 Å². The zero-order valence-electron chi connectivity index (χ0n) is 12.4. The Hall–Kier alpha value is -2.43. The lowest BCUT2D eigenvalue weighted by atomic mass is 9.85. The summed E-state index contributed by atoms with van der Waals surface area (Å²) in [5.74, 6) is -1.40. The molecule has 1 aliphatic carbocycles. The van der Waals surface area contributed by atoms with Gasteiger partial charge in [-0.3, -0.25) is 19.3 Å². The van der Waals surface area contributed by atoms with E-state index in [-0.39, 0.29) is 29.6 Å². The van der Waals surface area contributed by atoms with Crippen LogP contribution in [0, 0.1) is 11.8 Å². The first kappa shape index (κ1) is 14.5. The topological polar surface area (TPSA) is 66.5 Å². The van der Waals surface area contributed by atoms with E-state index in [0.717, 1.165) is 4.90 Å². The van der Waals surface area contributed by atoms with Crippen molar-refractivity contribution in [2.45, 2.75) is 25.8 Å². The highest BCUT2D eigenvalue weighted by molar-refractivity contribution is 6.10. The number of hydrogen-bond donors (Lipinski definition) is 1. The van der Waals surface area contributed by atoms with Crippen molar-refractivity contribution in [2.75, 3.05) is 5.32 Å². The maximum Gasteiger partial charge on any atom is 0.247 e. The SMILES string of the molecule is C[C@@H](C(=O)Nc1ccccc1)N1C(=O)[C@@H]2CC=CC[C@H]2C1=O. The van der Waals surface area contributed by atoms with E-state index in [1.165, 1.54) is 0 Å². The van der Waals surface area contributed by atoms with Gasteiger partial charge >= 0.3 is 0 Å². The van der Waals surface area contributed by atoms with Crippen molar-refractivity contribution in [1.29, 1.82) is 0 Å². The Morgan fingerprint density at radius 2 is 1.64 bits per heavy atom. The predicted molar refractivity (Wildman–Crippen MR) is 81.7 cm³/mol. The second-order valence-corrected chi connectivity index (χ2v) is 5.73. The highest BCUT2D eigenvalue weighted by atomic mass is 16.2. The van der Waals surface area contributed by atoms with Crippen molar-refractivity contribution < 1.29 is 14.4 Å². The molecule has 3 amide bonds. The van der Waals surface area contributed by atoms with Gasteiger partial charge in [-0.05, 0) is 31.9 Å². The van der Waals surface area contributed by atoms with E-state index >= 15 is 0 Å². The maximum atomic E-state index is 12.4. The first-order valence-electron chi connectivity index (χ1n) is 7.47. The molecule has 1 saturated heterocycles. The standard InChI is InChI=1S/C17H18N2O3/c1-11(15(20)18-12-7-3-2-4-8-12)19-16(21)13-9-5-6-10-14(13)17(19)22/h2-8,11,13-14H,9-10H2,1H3,(H,18,20)/t11-,13+,14+/m0/s1. The normalized spacial score (nSPS) is 25.0. The smallest absolute Gasteiger partial charge is 0.247 e. The summed E-state index contributed by atoms with van der Waals surface area (Å²) in [7, 11) is 0. The Kier molecular flexibility index (Phi) is 3.79. The molecule has 0 aromatic heterocycles. The van der Waals surface area contributed by atoms with Crippen molar-refractivity contribution in [3.63, 3.8) is 0 Å². The van der Waals surface area contributed by atoms with Gasteiger partial charge in [0, 0.05) is 5.69 Å². The number of carbonyl (C=O) groups is 3. The van der Waals surface area contributed by atoms with Gasteiger partial charge in [-0.1, -0.05) is 30.4 Å². The van der Waals surface area contributed by atoms with Crippen LogP contribution in [0.3, 0.4) is 0 Å². The first-order valence-corrected chi connectivity index (χ1v) is 7.47. The zero-order chi connectivity index (χ0) is 15.7. The average Bonchev–Trinajstić information content (AvgIpc) is 2.79. The molecule has 1 aromatic rings. The van der Waals surface area contributed by atoms with Gasteiger partial charge in [0.25, 0.3) is 0 Å². The van der Waals surface area contributed by atoms with Gasteiger partial charge in [0.2, 0.25) is 17.7 Å². The lowest BCUT2D eigenvalue weighted by Gasteiger charge is -2.22. The second-order valence-electron chi connectivity index (χ2n) is 5.73. The molecule has 2 aliphatic rings. The van der Waals surface area contributed by atoms with E-state index in [9.17, 15) is 14.4 Å². The molecule has 1 N–H and O–H groups in total. The van der Waals surface area contributed by atoms with Crippen LogP contribution in [0.2, 0.25) is 0 Å². The fourth-order valence-electron chi connectivity index (χ4n) is 3.09. The number of rotatable bonds is 3. The number of benzene rings is 1. The summed E-state index contributed by atoms with van der Waals surface area (Å²) in [5.41, 5.74) is 0.650. The third-order valence-corrected chi connectivity index (χ3v) is 4.35. The summed E-state index contributed by atoms with van der Waals surface area (Å²) in [6.45, 7) is 1.60. The minimum absolute atomic E-state index is 0.227. The third kappa shape index (κ3) is 2.43. The van der Waals surface area contributed by atoms with Crippen molar-refractivity contribution in [2.24, 2.45) is 11.8 Å². The summed E-state index contributed by atoms with van der Waals surface area (Å²) >= 11 is 0. The molecule has 0 unspecified atom stereocenters. The summed E-state index contributed by atoms with van der Waals surface area (Å²) in [6.07, 6.45) is 5.03. The number of fused-ring (bicyclic) bond motifs is 1. The molecule has 1 aromatic carbocycles. The maximum absolute atomic E-state index is 12.4. The summed E-state index contributed by atoms with van der Waals surface area (Å²) < 4.78 is 0. The number of nitrogens with one attached hydrogen (secondary N) is 1. The molecule has 0 radical (unpaired) electrons. The molecule has 1 aliphatic heterocycles. The fraction of sp³-hybridized carbons (Fsp3) is 0.353. The number of amides is 3. The fourth-order valence-corrected chi connectivity index (χ4v) is 3.09. The molecule has 1 fully saturated rings. The summed E-state index contributed by atoms with van der Waals surface area (Å²) in [4.78, 5) is 38.3. The van der Waals surface area contributed by atoms with E-state index in [0.29, 0.717) is 18.5 Å². The van der Waals surface area contributed by atoms with Gasteiger partial charge in [0.1, 0.15) is 6.04 Å². The third-order valence-electron chi connectivity index (χ3n) is 4.35. The Morgan fingerprint density at radius 1 is 1.09 bits per heavy atom. The molecule has 5 nitrogen and oxygen atoms in total. The molecule has 22 heavy (non-hydrogen) atoms. The number of para-hydroxylation sites is 1. The molecule has 3 rings (SSSR count). The monoisotopic (exact) mass is 298 g/mol. The van der Waals surface area contributed by atoms with Crippen molar-refractivity contribution >= 4 is 23.4 Å². The molecule has 1 heterocycles. The summed E-state index contributed by atoms with van der Waals surface area (Å²) in [6, 6.07) is 8.21. The number of hydrogen-bond acceptors (Lipinski definition) is 3. The van der Waals surface area contributed by atoms with Gasteiger partial charge in [-0.25, -0.2) is 0 Å². The predicted octanol–water partition coefficient (Wildman–Crippen LogP) is 1.96. The van der Waals surface area contributed by atoms with Gasteiger partial charge in [0.05, 0.1) is 11.8 Å². The number of likely N-dealkylation sites (tertiary alicyclic amines) is 1. The Morgan fingerprint density at radius 3 is 2.18 bits per heavy atom. The van der Waals surface area contributed by atoms with E-state index in [1.54, 1.807) is 19.1 Å². The van der Waals surface area contributed by atoms with Crippen LogP contribution in [0.15, 0.2) is 42.5 Å². The highest BCUT2D eigenvalue weighted by Crippen LogP contribution is 2.36. The quantitative estimate of drug-likeness (QED) is 0.685. The van der Waals surface area contributed by atoms with Crippen LogP contribution in [-0.2, 0) is 14.4 Å². The van der Waals surface area contributed by atoms with E-state index < -0.39 is 6.04 Å². The lowest BCUT2D eigenvalue weighted by molar-refractivity contribution is -0.146. The second kappa shape index (κ2) is 5.75. The van der Waals surface area contributed by atoms with Crippen molar-refractivity contribution in [3.05, 3.63) is 42.5 Å². The van der Waals surface area contributed by atoms with Crippen LogP contribution in [0.1, 0.15) is 19.8 Å². The van der Waals surface area contributed by atoms with E-state index in [2.05, 4.69) is 5.32 Å². The molecule has 0 bridgehead atoms. The van der Waals surface area contributed by atoms with Crippen LogP contribution in [0.5, 0.6) is 0 Å². The number of carbonyl (C=O) groups excluding carboxylic acids is 3. The van der Waals surface area contributed by atoms with Crippen molar-refractivity contribution in [3.8, 4) is 0 Å². The molecule has 0 saturated carbocycles. The average molecular weight is 298 g/mol. The van der Waals surface area contributed by atoms with Crippen molar-refractivity contribution in [1.82, 2.24) is 4.90 Å². The lowest BCUT2D eigenvalue weighted by Crippen LogP contribution is -2.46. The number of imide groups is 1. The van der Waals surface area contributed by atoms with Crippen LogP contribution in [0.4, 0.5) is 5.69 Å². The van der Waals surface area contributed by atoms with Crippen LogP contribution in [0.25, 0.3) is 0 Å². The molecular formula is C17H18N2O3. The van der Waals surface area contributed by atoms with Gasteiger partial charge in [-0.2, -0.15) is 0 Å². The van der Waals surface area contributed by atoms with Crippen LogP contribution >= 0.6 is 0 Å². The summed E-state index contributed by atoms with van der Waals surface area (Å²) in [5, 5.41) is 2.74. The number of anilines is 1. The minimum atomic E-state index is -0.800. The van der Waals surface area contributed by atoms with Gasteiger partial charge in [-0.15, -0.1) is 0 Å². The van der Waals surface area contributed by atoms with Crippen LogP contribution < -0.4 is 5.32 Å². The zero-order valence-corrected chi connectivity index (χ0v) is 12.4. The first-order chi connectivity index (χ1) is 10.6.